The third-order valence-electron chi connectivity index (χ3n) is 3.81. The number of aromatic nitrogens is 4. The predicted octanol–water partition coefficient (Wildman–Crippen LogP) is 1.23. The Labute approximate surface area is 139 Å². The normalized spacial score (nSPS) is 17.2. The summed E-state index contributed by atoms with van der Waals surface area (Å²) < 4.78 is 1.72. The molecular weight excluding hydrogens is 308 g/mol. The predicted molar refractivity (Wildman–Crippen MR) is 86.8 cm³/mol. The zero-order chi connectivity index (χ0) is 17.3. The number of amides is 3. The van der Waals surface area contributed by atoms with Crippen LogP contribution in [0.25, 0.3) is 5.82 Å². The molecular formula is C16H20N6O2. The van der Waals surface area contributed by atoms with Crippen LogP contribution in [0.2, 0.25) is 0 Å². The average molecular weight is 328 g/mol. The largest absolute Gasteiger partial charge is 0.326 e. The highest BCUT2D eigenvalue weighted by atomic mass is 16.2. The fourth-order valence-corrected chi connectivity index (χ4v) is 2.53. The molecule has 2 aromatic rings. The maximum absolute atomic E-state index is 11.7. The van der Waals surface area contributed by atoms with E-state index in [1.807, 2.05) is 39.0 Å². The molecule has 0 radical (unpaired) electrons. The van der Waals surface area contributed by atoms with E-state index in [2.05, 4.69) is 25.7 Å². The quantitative estimate of drug-likeness (QED) is 0.804. The van der Waals surface area contributed by atoms with Crippen LogP contribution in [-0.2, 0) is 11.2 Å². The first-order valence-electron chi connectivity index (χ1n) is 7.95. The Morgan fingerprint density at radius 1 is 1.25 bits per heavy atom. The lowest BCUT2D eigenvalue weighted by Crippen LogP contribution is -2.29. The number of aryl methyl sites for hydroxylation is 2. The SMILES string of the molecule is Cc1cccc(-n2nc(C(C)C)nc2CCC2NC(=O)NC2=O)n1. The number of rotatable bonds is 5. The van der Waals surface area contributed by atoms with Gasteiger partial charge in [-0.15, -0.1) is 5.10 Å². The first kappa shape index (κ1) is 16.1. The van der Waals surface area contributed by atoms with Crippen molar-refractivity contribution in [2.75, 3.05) is 0 Å². The third-order valence-corrected chi connectivity index (χ3v) is 3.81. The molecule has 24 heavy (non-hydrogen) atoms. The minimum atomic E-state index is -0.532. The van der Waals surface area contributed by atoms with E-state index in [0.717, 1.165) is 17.3 Å². The van der Waals surface area contributed by atoms with Gasteiger partial charge >= 0.3 is 6.03 Å². The van der Waals surface area contributed by atoms with Gasteiger partial charge in [-0.3, -0.25) is 10.1 Å². The number of nitrogens with one attached hydrogen (secondary N) is 2. The number of nitrogens with zero attached hydrogens (tertiary/aromatic N) is 4. The molecule has 1 unspecified atom stereocenters. The van der Waals surface area contributed by atoms with Crippen molar-refractivity contribution in [1.82, 2.24) is 30.4 Å². The summed E-state index contributed by atoms with van der Waals surface area (Å²) in [5.74, 6) is 2.04. The zero-order valence-corrected chi connectivity index (χ0v) is 13.9. The minimum Gasteiger partial charge on any atom is -0.326 e. The molecule has 126 valence electrons. The van der Waals surface area contributed by atoms with Gasteiger partial charge in [0, 0.05) is 18.0 Å². The topological polar surface area (TPSA) is 102 Å². The second-order valence-electron chi connectivity index (χ2n) is 6.14. The number of pyridine rings is 1. The van der Waals surface area contributed by atoms with E-state index in [1.54, 1.807) is 4.68 Å². The maximum Gasteiger partial charge on any atom is 0.322 e. The number of hydrogen-bond donors (Lipinski definition) is 2. The van der Waals surface area contributed by atoms with Crippen LogP contribution in [0.15, 0.2) is 18.2 Å². The molecule has 0 aromatic carbocycles. The van der Waals surface area contributed by atoms with Crippen LogP contribution >= 0.6 is 0 Å². The van der Waals surface area contributed by atoms with E-state index in [-0.39, 0.29) is 11.8 Å². The van der Waals surface area contributed by atoms with Gasteiger partial charge in [0.15, 0.2) is 11.6 Å². The number of hydrogen-bond acceptors (Lipinski definition) is 5. The molecule has 0 aliphatic carbocycles. The summed E-state index contributed by atoms with van der Waals surface area (Å²) in [6.45, 7) is 5.97. The highest BCUT2D eigenvalue weighted by Gasteiger charge is 2.29. The molecule has 1 saturated heterocycles. The summed E-state index contributed by atoms with van der Waals surface area (Å²) in [6.07, 6.45) is 0.966. The number of imide groups is 1. The lowest BCUT2D eigenvalue weighted by Gasteiger charge is -2.08. The molecule has 0 bridgehead atoms. The highest BCUT2D eigenvalue weighted by Crippen LogP contribution is 2.16. The zero-order valence-electron chi connectivity index (χ0n) is 13.9. The standard InChI is InChI=1S/C16H20N6O2/c1-9(2)14-19-13(8-7-11-15(23)20-16(24)18-11)22(21-14)12-6-4-5-10(3)17-12/h4-6,9,11H,7-8H2,1-3H3,(H2,18,20,23,24). The van der Waals surface area contributed by atoms with Crippen molar-refractivity contribution in [2.45, 2.75) is 45.6 Å². The summed E-state index contributed by atoms with van der Waals surface area (Å²) >= 11 is 0. The monoisotopic (exact) mass is 328 g/mol. The van der Waals surface area contributed by atoms with Gasteiger partial charge < -0.3 is 5.32 Å². The molecule has 3 heterocycles. The van der Waals surface area contributed by atoms with Crippen LogP contribution in [0.4, 0.5) is 4.79 Å². The van der Waals surface area contributed by atoms with Gasteiger partial charge in [-0.05, 0) is 25.5 Å². The van der Waals surface area contributed by atoms with Crippen molar-refractivity contribution >= 4 is 11.9 Å². The second kappa shape index (κ2) is 6.38. The molecule has 1 fully saturated rings. The lowest BCUT2D eigenvalue weighted by atomic mass is 10.1. The molecule has 8 heteroatoms. The summed E-state index contributed by atoms with van der Waals surface area (Å²) in [7, 11) is 0. The molecule has 0 spiro atoms. The van der Waals surface area contributed by atoms with E-state index < -0.39 is 12.1 Å². The Bertz CT molecular complexity index is 783. The third kappa shape index (κ3) is 3.27. The van der Waals surface area contributed by atoms with Gasteiger partial charge in [0.25, 0.3) is 5.91 Å². The molecule has 3 amide bonds. The Morgan fingerprint density at radius 3 is 2.67 bits per heavy atom. The fourth-order valence-electron chi connectivity index (χ4n) is 2.53. The molecule has 1 aliphatic rings. The minimum absolute atomic E-state index is 0.185. The summed E-state index contributed by atoms with van der Waals surface area (Å²) in [5.41, 5.74) is 0.891. The van der Waals surface area contributed by atoms with Gasteiger partial charge in [-0.1, -0.05) is 19.9 Å². The van der Waals surface area contributed by atoms with Crippen molar-refractivity contribution < 1.29 is 9.59 Å². The highest BCUT2D eigenvalue weighted by molar-refractivity contribution is 6.04. The van der Waals surface area contributed by atoms with E-state index in [4.69, 9.17) is 0 Å². The van der Waals surface area contributed by atoms with Crippen LogP contribution in [0, 0.1) is 6.92 Å². The fraction of sp³-hybridized carbons (Fsp3) is 0.438. The summed E-state index contributed by atoms with van der Waals surface area (Å²) in [5, 5.41) is 9.39. The Morgan fingerprint density at radius 2 is 2.04 bits per heavy atom. The van der Waals surface area contributed by atoms with Crippen molar-refractivity contribution in [2.24, 2.45) is 0 Å². The molecule has 0 saturated carbocycles. The summed E-state index contributed by atoms with van der Waals surface area (Å²) in [6, 6.07) is 4.73. The number of urea groups is 1. The van der Waals surface area contributed by atoms with Gasteiger partial charge in [0.05, 0.1) is 0 Å². The smallest absolute Gasteiger partial charge is 0.322 e. The van der Waals surface area contributed by atoms with Crippen molar-refractivity contribution in [1.29, 1.82) is 0 Å². The Kier molecular flexibility index (Phi) is 4.28. The van der Waals surface area contributed by atoms with Crippen molar-refractivity contribution in [3.63, 3.8) is 0 Å². The average Bonchev–Trinajstić information content (AvgIpc) is 3.08. The van der Waals surface area contributed by atoms with Crippen LogP contribution in [0.3, 0.4) is 0 Å². The van der Waals surface area contributed by atoms with E-state index in [1.165, 1.54) is 0 Å². The van der Waals surface area contributed by atoms with Gasteiger partial charge in [-0.2, -0.15) is 4.68 Å². The second-order valence-corrected chi connectivity index (χ2v) is 6.14. The van der Waals surface area contributed by atoms with Crippen molar-refractivity contribution in [3.05, 3.63) is 35.5 Å². The molecule has 1 atom stereocenters. The van der Waals surface area contributed by atoms with Crippen LogP contribution in [0.5, 0.6) is 0 Å². The van der Waals surface area contributed by atoms with Gasteiger partial charge in [0.2, 0.25) is 0 Å². The van der Waals surface area contributed by atoms with Gasteiger partial charge in [-0.25, -0.2) is 14.8 Å². The Balaban J connectivity index is 1.86. The molecule has 2 N–H and O–H groups in total. The number of carbonyl (C=O) groups is 2. The lowest BCUT2D eigenvalue weighted by molar-refractivity contribution is -0.120. The molecule has 2 aromatic heterocycles. The first-order chi connectivity index (χ1) is 11.4. The van der Waals surface area contributed by atoms with E-state index in [9.17, 15) is 9.59 Å². The number of carbonyl (C=O) groups excluding carboxylic acids is 2. The molecule has 8 nitrogen and oxygen atoms in total. The van der Waals surface area contributed by atoms with Crippen molar-refractivity contribution in [3.8, 4) is 5.82 Å². The Hall–Kier alpha value is -2.77. The van der Waals surface area contributed by atoms with E-state index >= 15 is 0 Å². The van der Waals surface area contributed by atoms with Gasteiger partial charge in [0.1, 0.15) is 11.9 Å². The summed E-state index contributed by atoms with van der Waals surface area (Å²) in [4.78, 5) is 32.0. The van der Waals surface area contributed by atoms with Crippen LogP contribution < -0.4 is 10.6 Å². The molecule has 1 aliphatic heterocycles. The first-order valence-corrected chi connectivity index (χ1v) is 7.95. The van der Waals surface area contributed by atoms with Crippen LogP contribution in [-0.4, -0.2) is 37.7 Å². The van der Waals surface area contributed by atoms with E-state index in [0.29, 0.717) is 18.7 Å². The maximum atomic E-state index is 11.7. The molecule has 3 rings (SSSR count). The van der Waals surface area contributed by atoms with Crippen LogP contribution in [0.1, 0.15) is 43.5 Å².